The van der Waals surface area contributed by atoms with Crippen LogP contribution in [-0.4, -0.2) is 49.1 Å². The van der Waals surface area contributed by atoms with E-state index >= 15 is 0 Å². The van der Waals surface area contributed by atoms with Crippen molar-refractivity contribution >= 4 is 39.0 Å². The molecule has 0 aliphatic rings. The molecule has 11 heteroatoms. The van der Waals surface area contributed by atoms with Gasteiger partial charge in [0.15, 0.2) is 5.69 Å². The summed E-state index contributed by atoms with van der Waals surface area (Å²) in [5, 5.41) is 9.37. The number of methoxy groups -OCH3 is 2. The largest absolute Gasteiger partial charge is 0.497 e. The molecule has 192 valence electrons. The number of benzene rings is 2. The fraction of sp³-hybridized carbons (Fsp3) is 0.231. The number of carbonyl (C=O) groups excluding carboxylic acids is 2. The van der Waals surface area contributed by atoms with Crippen LogP contribution in [0.2, 0.25) is 0 Å². The lowest BCUT2D eigenvalue weighted by molar-refractivity contribution is 0.0520. The molecule has 0 bridgehead atoms. The van der Waals surface area contributed by atoms with Crippen LogP contribution in [0.1, 0.15) is 34.7 Å². The van der Waals surface area contributed by atoms with E-state index < -0.39 is 17.4 Å². The number of ether oxygens (including phenoxy) is 4. The van der Waals surface area contributed by atoms with E-state index in [2.05, 4.69) is 10.4 Å². The van der Waals surface area contributed by atoms with Gasteiger partial charge in [0.1, 0.15) is 22.2 Å². The number of esters is 1. The number of anilines is 1. The Morgan fingerprint density at radius 3 is 2.38 bits per heavy atom. The third-order valence-electron chi connectivity index (χ3n) is 5.39. The zero-order chi connectivity index (χ0) is 26.5. The van der Waals surface area contributed by atoms with Crippen molar-refractivity contribution in [2.24, 2.45) is 0 Å². The zero-order valence-electron chi connectivity index (χ0n) is 20.7. The van der Waals surface area contributed by atoms with Crippen molar-refractivity contribution in [3.05, 3.63) is 69.5 Å². The molecule has 0 radical (unpaired) electrons. The molecule has 0 aliphatic carbocycles. The third-order valence-corrected chi connectivity index (χ3v) is 6.29. The minimum Gasteiger partial charge on any atom is -0.497 e. The van der Waals surface area contributed by atoms with E-state index in [1.165, 1.54) is 14.2 Å². The molecule has 1 amide bonds. The Bertz CT molecular complexity index is 1510. The van der Waals surface area contributed by atoms with E-state index in [-0.39, 0.29) is 33.6 Å². The Kier molecular flexibility index (Phi) is 7.73. The van der Waals surface area contributed by atoms with Crippen LogP contribution in [0.4, 0.5) is 5.00 Å². The lowest BCUT2D eigenvalue weighted by atomic mass is 10.1. The van der Waals surface area contributed by atoms with Crippen LogP contribution >= 0.6 is 11.3 Å². The minimum absolute atomic E-state index is 0.0379. The van der Waals surface area contributed by atoms with E-state index in [1.807, 2.05) is 6.92 Å². The first-order chi connectivity index (χ1) is 17.9. The average Bonchev–Trinajstić information content (AvgIpc) is 3.33. The van der Waals surface area contributed by atoms with E-state index in [9.17, 15) is 14.4 Å². The second-order valence-corrected chi connectivity index (χ2v) is 8.47. The summed E-state index contributed by atoms with van der Waals surface area (Å²) in [5.74, 6) is 0.282. The number of carbonyl (C=O) groups is 2. The fourth-order valence-corrected chi connectivity index (χ4v) is 4.61. The van der Waals surface area contributed by atoms with Crippen molar-refractivity contribution in [2.75, 3.05) is 32.8 Å². The number of nitrogens with one attached hydrogen (secondary N) is 1. The van der Waals surface area contributed by atoms with E-state index in [0.29, 0.717) is 29.5 Å². The smallest absolute Gasteiger partial charge is 0.359 e. The number of amides is 1. The number of rotatable bonds is 9. The van der Waals surface area contributed by atoms with E-state index in [4.69, 9.17) is 18.9 Å². The average molecular weight is 524 g/mol. The lowest BCUT2D eigenvalue weighted by Gasteiger charge is -2.12. The topological polar surface area (TPSA) is 118 Å². The molecule has 4 rings (SSSR count). The Hall–Kier alpha value is -4.38. The molecule has 0 aliphatic heterocycles. The second-order valence-electron chi connectivity index (χ2n) is 7.59. The quantitative estimate of drug-likeness (QED) is 0.323. The van der Waals surface area contributed by atoms with Gasteiger partial charge in [-0.05, 0) is 50.2 Å². The maximum Gasteiger partial charge on any atom is 0.359 e. The number of fused-ring (bicyclic) bond motifs is 1. The van der Waals surface area contributed by atoms with Gasteiger partial charge in [-0.3, -0.25) is 9.59 Å². The van der Waals surface area contributed by atoms with Crippen molar-refractivity contribution in [2.45, 2.75) is 13.8 Å². The molecule has 37 heavy (non-hydrogen) atoms. The highest BCUT2D eigenvalue weighted by Crippen LogP contribution is 2.32. The van der Waals surface area contributed by atoms with Gasteiger partial charge in [0.05, 0.1) is 44.1 Å². The Morgan fingerprint density at radius 2 is 1.73 bits per heavy atom. The van der Waals surface area contributed by atoms with Crippen LogP contribution in [0.25, 0.3) is 16.5 Å². The number of hydrogen-bond donors (Lipinski definition) is 1. The molecular weight excluding hydrogens is 498 g/mol. The Labute approximate surface area is 216 Å². The SMILES string of the molecule is CCOC(=O)c1nn(-c2ccc(OCC)cc2)c(=O)c2c(NC(=O)c3ccc(OC)cc3OC)scc12. The summed E-state index contributed by atoms with van der Waals surface area (Å²) in [5.41, 5.74) is 0.118. The van der Waals surface area contributed by atoms with Crippen molar-refractivity contribution in [3.63, 3.8) is 0 Å². The third kappa shape index (κ3) is 5.12. The molecule has 0 saturated heterocycles. The molecule has 0 fully saturated rings. The first-order valence-corrected chi connectivity index (χ1v) is 12.3. The number of nitrogens with zero attached hydrogens (tertiary/aromatic N) is 2. The van der Waals surface area contributed by atoms with Gasteiger partial charge in [-0.2, -0.15) is 9.78 Å². The highest BCUT2D eigenvalue weighted by Gasteiger charge is 2.24. The summed E-state index contributed by atoms with van der Waals surface area (Å²) in [6.45, 7) is 4.18. The summed E-state index contributed by atoms with van der Waals surface area (Å²) >= 11 is 1.11. The van der Waals surface area contributed by atoms with Gasteiger partial charge >= 0.3 is 5.97 Å². The molecule has 0 spiro atoms. The first-order valence-electron chi connectivity index (χ1n) is 11.4. The predicted molar refractivity (Wildman–Crippen MR) is 140 cm³/mol. The second kappa shape index (κ2) is 11.1. The highest BCUT2D eigenvalue weighted by molar-refractivity contribution is 7.16. The molecule has 2 heterocycles. The van der Waals surface area contributed by atoms with Crippen LogP contribution in [0, 0.1) is 0 Å². The van der Waals surface area contributed by atoms with Gasteiger partial charge in [0, 0.05) is 16.8 Å². The molecule has 1 N–H and O–H groups in total. The van der Waals surface area contributed by atoms with Crippen LogP contribution < -0.4 is 25.1 Å². The fourth-order valence-electron chi connectivity index (χ4n) is 3.67. The Balaban J connectivity index is 1.83. The lowest BCUT2D eigenvalue weighted by Crippen LogP contribution is -2.25. The van der Waals surface area contributed by atoms with Gasteiger partial charge in [-0.1, -0.05) is 0 Å². The summed E-state index contributed by atoms with van der Waals surface area (Å²) in [6.07, 6.45) is 0. The maximum atomic E-state index is 13.6. The van der Waals surface area contributed by atoms with Crippen LogP contribution in [0.3, 0.4) is 0 Å². The monoisotopic (exact) mass is 523 g/mol. The maximum absolute atomic E-state index is 13.6. The van der Waals surface area contributed by atoms with E-state index in [0.717, 1.165) is 16.0 Å². The van der Waals surface area contributed by atoms with Crippen molar-refractivity contribution < 1.29 is 28.5 Å². The summed E-state index contributed by atoms with van der Waals surface area (Å²) in [6, 6.07) is 11.5. The minimum atomic E-state index is -0.681. The van der Waals surface area contributed by atoms with Crippen LogP contribution in [0.15, 0.2) is 52.6 Å². The molecule has 0 atom stereocenters. The van der Waals surface area contributed by atoms with Gasteiger partial charge in [-0.15, -0.1) is 11.3 Å². The predicted octanol–water partition coefficient (Wildman–Crippen LogP) is 4.29. The molecule has 2 aromatic carbocycles. The molecular formula is C26H25N3O7S. The highest BCUT2D eigenvalue weighted by atomic mass is 32.1. The number of hydrogen-bond acceptors (Lipinski definition) is 9. The normalized spacial score (nSPS) is 10.7. The zero-order valence-corrected chi connectivity index (χ0v) is 21.5. The van der Waals surface area contributed by atoms with Crippen molar-refractivity contribution in [3.8, 4) is 22.9 Å². The number of thiophene rings is 1. The molecule has 2 aromatic heterocycles. The van der Waals surface area contributed by atoms with Gasteiger partial charge in [0.25, 0.3) is 11.5 Å². The number of aromatic nitrogens is 2. The summed E-state index contributed by atoms with van der Waals surface area (Å²) in [4.78, 5) is 39.5. The molecule has 0 unspecified atom stereocenters. The van der Waals surface area contributed by atoms with Gasteiger partial charge in [-0.25, -0.2) is 4.79 Å². The van der Waals surface area contributed by atoms with Crippen LogP contribution in [-0.2, 0) is 4.74 Å². The molecule has 10 nitrogen and oxygen atoms in total. The van der Waals surface area contributed by atoms with E-state index in [1.54, 1.807) is 54.8 Å². The van der Waals surface area contributed by atoms with Crippen molar-refractivity contribution in [1.82, 2.24) is 9.78 Å². The first kappa shape index (κ1) is 25.7. The van der Waals surface area contributed by atoms with Crippen molar-refractivity contribution in [1.29, 1.82) is 0 Å². The molecule has 4 aromatic rings. The van der Waals surface area contributed by atoms with Gasteiger partial charge in [0.2, 0.25) is 0 Å². The molecule has 0 saturated carbocycles. The van der Waals surface area contributed by atoms with Crippen LogP contribution in [0.5, 0.6) is 17.2 Å². The Morgan fingerprint density at radius 1 is 1.00 bits per heavy atom. The summed E-state index contributed by atoms with van der Waals surface area (Å²) in [7, 11) is 2.95. The van der Waals surface area contributed by atoms with Gasteiger partial charge < -0.3 is 24.3 Å². The standard InChI is InChI=1S/C26H25N3O7S/c1-5-35-16-9-7-15(8-10-16)29-25(31)21-19(22(28-29)26(32)36-6-2)14-37-24(21)27-23(30)18-12-11-17(33-3)13-20(18)34-4/h7-14H,5-6H2,1-4H3,(H,27,30). The summed E-state index contributed by atoms with van der Waals surface area (Å²) < 4.78 is 22.3.